The van der Waals surface area contributed by atoms with E-state index in [1.807, 2.05) is 0 Å². The van der Waals surface area contributed by atoms with Crippen LogP contribution in [0.1, 0.15) is 23.2 Å². The van der Waals surface area contributed by atoms with E-state index in [9.17, 15) is 18.8 Å². The third-order valence-corrected chi connectivity index (χ3v) is 3.21. The van der Waals surface area contributed by atoms with Gasteiger partial charge in [0, 0.05) is 13.5 Å². The Labute approximate surface area is 114 Å². The van der Waals surface area contributed by atoms with Crippen molar-refractivity contribution in [2.24, 2.45) is 0 Å². The Bertz CT molecular complexity index is 588. The van der Waals surface area contributed by atoms with E-state index in [0.29, 0.717) is 0 Å². The summed E-state index contributed by atoms with van der Waals surface area (Å²) in [7, 11) is 1.35. The molecule has 1 aliphatic rings. The Balaban J connectivity index is 2.29. The van der Waals surface area contributed by atoms with Crippen LogP contribution in [0.25, 0.3) is 0 Å². The van der Waals surface area contributed by atoms with E-state index in [0.717, 1.165) is 11.0 Å². The molecule has 0 spiro atoms. The number of carbonyl (C=O) groups excluding carboxylic acids is 2. The minimum atomic E-state index is -1.29. The first kappa shape index (κ1) is 14.0. The van der Waals surface area contributed by atoms with Gasteiger partial charge in [0.15, 0.2) is 0 Å². The van der Waals surface area contributed by atoms with Crippen molar-refractivity contribution < 1.29 is 23.9 Å². The van der Waals surface area contributed by atoms with Gasteiger partial charge in [-0.1, -0.05) is 6.07 Å². The van der Waals surface area contributed by atoms with Crippen LogP contribution in [-0.4, -0.2) is 40.9 Å². The number of para-hydroxylation sites is 1. The molecule has 0 aliphatic carbocycles. The number of anilines is 1. The molecule has 1 unspecified atom stereocenters. The van der Waals surface area contributed by atoms with Crippen LogP contribution in [0, 0.1) is 5.82 Å². The monoisotopic (exact) mass is 280 g/mol. The topological polar surface area (TPSA) is 86.7 Å². The van der Waals surface area contributed by atoms with E-state index in [1.165, 1.54) is 19.2 Å². The lowest BCUT2D eigenvalue weighted by Crippen LogP contribution is -2.48. The number of piperidine rings is 1. The number of rotatable bonds is 3. The summed E-state index contributed by atoms with van der Waals surface area (Å²) in [5.74, 6) is -2.85. The number of amides is 2. The van der Waals surface area contributed by atoms with E-state index >= 15 is 0 Å². The number of hydrogen-bond donors (Lipinski definition) is 2. The van der Waals surface area contributed by atoms with Gasteiger partial charge in [0.2, 0.25) is 5.91 Å². The van der Waals surface area contributed by atoms with Crippen LogP contribution in [-0.2, 0) is 9.59 Å². The first-order valence-corrected chi connectivity index (χ1v) is 6.00. The first-order valence-electron chi connectivity index (χ1n) is 6.00. The molecule has 1 heterocycles. The normalized spacial score (nSPS) is 19.1. The summed E-state index contributed by atoms with van der Waals surface area (Å²) in [6.07, 6.45) is 0.353. The largest absolute Gasteiger partial charge is 0.478 e. The van der Waals surface area contributed by atoms with Crippen LogP contribution >= 0.6 is 0 Å². The second kappa shape index (κ2) is 5.28. The average molecular weight is 280 g/mol. The molecule has 2 amide bonds. The average Bonchev–Trinajstić information content (AvgIpc) is 2.41. The summed E-state index contributed by atoms with van der Waals surface area (Å²) in [5.41, 5.74) is -0.488. The van der Waals surface area contributed by atoms with Crippen molar-refractivity contribution in [3.63, 3.8) is 0 Å². The Morgan fingerprint density at radius 3 is 2.80 bits per heavy atom. The molecule has 6 nitrogen and oxygen atoms in total. The van der Waals surface area contributed by atoms with Crippen molar-refractivity contribution in [2.75, 3.05) is 12.4 Å². The van der Waals surface area contributed by atoms with Gasteiger partial charge in [0.05, 0.1) is 11.3 Å². The highest BCUT2D eigenvalue weighted by Crippen LogP contribution is 2.23. The van der Waals surface area contributed by atoms with Crippen molar-refractivity contribution >= 4 is 23.5 Å². The molecule has 1 aromatic rings. The number of imide groups is 1. The molecule has 0 saturated carbocycles. The summed E-state index contributed by atoms with van der Waals surface area (Å²) in [5, 5.41) is 11.6. The van der Waals surface area contributed by atoms with Crippen LogP contribution in [0.2, 0.25) is 0 Å². The minimum absolute atomic E-state index is 0.150. The van der Waals surface area contributed by atoms with Crippen molar-refractivity contribution in [1.82, 2.24) is 4.90 Å². The molecule has 106 valence electrons. The van der Waals surface area contributed by atoms with Crippen LogP contribution in [0.3, 0.4) is 0 Å². The van der Waals surface area contributed by atoms with Crippen LogP contribution in [0.5, 0.6) is 0 Å². The van der Waals surface area contributed by atoms with Gasteiger partial charge in [-0.3, -0.25) is 14.5 Å². The molecular weight excluding hydrogens is 267 g/mol. The van der Waals surface area contributed by atoms with E-state index in [-0.39, 0.29) is 30.0 Å². The number of nitrogens with one attached hydrogen (secondary N) is 1. The van der Waals surface area contributed by atoms with E-state index in [4.69, 9.17) is 5.11 Å². The number of halogens is 1. The molecule has 1 atom stereocenters. The summed E-state index contributed by atoms with van der Waals surface area (Å²) in [6, 6.07) is 2.82. The molecule has 20 heavy (non-hydrogen) atoms. The van der Waals surface area contributed by atoms with Crippen molar-refractivity contribution in [2.45, 2.75) is 18.9 Å². The highest BCUT2D eigenvalue weighted by atomic mass is 19.1. The van der Waals surface area contributed by atoms with E-state index in [1.54, 1.807) is 0 Å². The number of hydrogen-bond acceptors (Lipinski definition) is 4. The molecule has 2 N–H and O–H groups in total. The molecule has 1 aromatic carbocycles. The highest BCUT2D eigenvalue weighted by Gasteiger charge is 2.32. The fourth-order valence-electron chi connectivity index (χ4n) is 2.07. The second-order valence-corrected chi connectivity index (χ2v) is 4.49. The predicted molar refractivity (Wildman–Crippen MR) is 67.8 cm³/mol. The Morgan fingerprint density at radius 1 is 1.45 bits per heavy atom. The van der Waals surface area contributed by atoms with Gasteiger partial charge < -0.3 is 10.4 Å². The third-order valence-electron chi connectivity index (χ3n) is 3.21. The standard InChI is InChI=1S/C13H13FN2O4/c1-16-10(17)6-5-9(12(16)18)15-11-7(13(19)20)3-2-4-8(11)14/h2-4,9,15H,5-6H2,1H3,(H,19,20). The van der Waals surface area contributed by atoms with Gasteiger partial charge in [-0.15, -0.1) is 0 Å². The maximum absolute atomic E-state index is 13.7. The zero-order valence-corrected chi connectivity index (χ0v) is 10.7. The first-order chi connectivity index (χ1) is 9.41. The summed E-state index contributed by atoms with van der Waals surface area (Å²) >= 11 is 0. The number of carbonyl (C=O) groups is 3. The van der Waals surface area contributed by atoms with Gasteiger partial charge in [0.25, 0.3) is 5.91 Å². The van der Waals surface area contributed by atoms with E-state index < -0.39 is 23.7 Å². The van der Waals surface area contributed by atoms with Crippen molar-refractivity contribution in [3.05, 3.63) is 29.6 Å². The van der Waals surface area contributed by atoms with Crippen LogP contribution in [0.4, 0.5) is 10.1 Å². The SMILES string of the molecule is CN1C(=O)CCC(Nc2c(F)cccc2C(=O)O)C1=O. The molecule has 2 rings (SSSR count). The highest BCUT2D eigenvalue weighted by molar-refractivity contribution is 6.02. The molecule has 0 radical (unpaired) electrons. The molecule has 7 heteroatoms. The molecule has 0 aromatic heterocycles. The van der Waals surface area contributed by atoms with Crippen LogP contribution < -0.4 is 5.32 Å². The number of carboxylic acid groups (broad SMARTS) is 1. The fourth-order valence-corrected chi connectivity index (χ4v) is 2.07. The van der Waals surface area contributed by atoms with Gasteiger partial charge in [-0.2, -0.15) is 0 Å². The number of carboxylic acids is 1. The maximum atomic E-state index is 13.7. The number of nitrogens with zero attached hydrogens (tertiary/aromatic N) is 1. The maximum Gasteiger partial charge on any atom is 0.337 e. The Hall–Kier alpha value is -2.44. The zero-order valence-electron chi connectivity index (χ0n) is 10.7. The summed E-state index contributed by atoms with van der Waals surface area (Å²) < 4.78 is 13.7. The Morgan fingerprint density at radius 2 is 2.15 bits per heavy atom. The molecule has 1 aliphatic heterocycles. The van der Waals surface area contributed by atoms with Gasteiger partial charge in [-0.25, -0.2) is 9.18 Å². The van der Waals surface area contributed by atoms with Crippen molar-refractivity contribution in [1.29, 1.82) is 0 Å². The van der Waals surface area contributed by atoms with Crippen molar-refractivity contribution in [3.8, 4) is 0 Å². The molecule has 1 fully saturated rings. The molecule has 1 saturated heterocycles. The number of likely N-dealkylation sites (N-methyl/N-ethyl adjacent to an activating group) is 1. The molecule has 0 bridgehead atoms. The fraction of sp³-hybridized carbons (Fsp3) is 0.308. The summed E-state index contributed by atoms with van der Waals surface area (Å²) in [4.78, 5) is 35.3. The zero-order chi connectivity index (χ0) is 14.9. The molecular formula is C13H13FN2O4. The predicted octanol–water partition coefficient (Wildman–Crippen LogP) is 1.08. The number of likely N-dealkylation sites (tertiary alicyclic amines) is 1. The Kier molecular flexibility index (Phi) is 3.69. The quantitative estimate of drug-likeness (QED) is 0.809. The summed E-state index contributed by atoms with van der Waals surface area (Å²) in [6.45, 7) is 0. The minimum Gasteiger partial charge on any atom is -0.478 e. The van der Waals surface area contributed by atoms with Gasteiger partial charge in [-0.05, 0) is 18.6 Å². The van der Waals surface area contributed by atoms with E-state index in [2.05, 4.69) is 5.32 Å². The smallest absolute Gasteiger partial charge is 0.337 e. The van der Waals surface area contributed by atoms with Gasteiger partial charge >= 0.3 is 5.97 Å². The lowest BCUT2D eigenvalue weighted by atomic mass is 10.0. The van der Waals surface area contributed by atoms with Gasteiger partial charge in [0.1, 0.15) is 11.9 Å². The lowest BCUT2D eigenvalue weighted by molar-refractivity contribution is -0.146. The number of benzene rings is 1. The van der Waals surface area contributed by atoms with Crippen LogP contribution in [0.15, 0.2) is 18.2 Å². The lowest BCUT2D eigenvalue weighted by Gasteiger charge is -2.29. The number of aromatic carboxylic acids is 1. The third kappa shape index (κ3) is 2.47. The second-order valence-electron chi connectivity index (χ2n) is 4.49.